The second-order valence-corrected chi connectivity index (χ2v) is 14.8. The SMILES string of the molecule is CCO[Si](C)(CCC1CCC2OC2C1)C[Si](OCC)(OCC)OCC. The summed E-state index contributed by atoms with van der Waals surface area (Å²) in [6, 6.07) is 1.16. The van der Waals surface area contributed by atoms with Crippen LogP contribution in [-0.2, 0) is 22.4 Å². The number of rotatable bonds is 13. The van der Waals surface area contributed by atoms with Gasteiger partial charge >= 0.3 is 8.80 Å². The maximum atomic E-state index is 6.35. The van der Waals surface area contributed by atoms with Crippen LogP contribution < -0.4 is 0 Å². The van der Waals surface area contributed by atoms with Gasteiger partial charge in [-0.25, -0.2) is 0 Å². The van der Waals surface area contributed by atoms with Crippen LogP contribution in [0.2, 0.25) is 18.3 Å². The van der Waals surface area contributed by atoms with Crippen LogP contribution in [0.4, 0.5) is 0 Å². The Morgan fingerprint density at radius 2 is 1.44 bits per heavy atom. The normalized spacial score (nSPS) is 28.4. The lowest BCUT2D eigenvalue weighted by atomic mass is 9.88. The Labute approximate surface area is 156 Å². The van der Waals surface area contributed by atoms with Crippen molar-refractivity contribution in [1.82, 2.24) is 0 Å². The Hall–Kier alpha value is 0.234. The number of ether oxygens (including phenoxy) is 1. The van der Waals surface area contributed by atoms with E-state index in [1.807, 2.05) is 20.8 Å². The van der Waals surface area contributed by atoms with Gasteiger partial charge in [0, 0.05) is 32.1 Å². The van der Waals surface area contributed by atoms with Crippen LogP contribution in [0, 0.1) is 5.92 Å². The standard InChI is InChI=1S/C18H38O5Si2/c1-6-19-24(5,13-12-16-10-11-17-18(14-16)23-17)15-25(20-7-2,21-8-3)22-9-4/h16-18H,6-15H2,1-5H3. The van der Waals surface area contributed by atoms with E-state index in [2.05, 4.69) is 13.5 Å². The van der Waals surface area contributed by atoms with Gasteiger partial charge in [0.15, 0.2) is 8.32 Å². The molecule has 1 aliphatic carbocycles. The highest BCUT2D eigenvalue weighted by Crippen LogP contribution is 2.42. The van der Waals surface area contributed by atoms with Gasteiger partial charge < -0.3 is 22.4 Å². The topological polar surface area (TPSA) is 49.5 Å². The van der Waals surface area contributed by atoms with E-state index in [0.29, 0.717) is 32.0 Å². The van der Waals surface area contributed by atoms with E-state index in [1.54, 1.807) is 0 Å². The molecule has 0 spiro atoms. The molecule has 1 aliphatic heterocycles. The van der Waals surface area contributed by atoms with Crippen molar-refractivity contribution in [3.63, 3.8) is 0 Å². The minimum atomic E-state index is -2.65. The van der Waals surface area contributed by atoms with Crippen molar-refractivity contribution in [2.75, 3.05) is 26.4 Å². The molecule has 4 unspecified atom stereocenters. The number of fused-ring (bicyclic) bond motifs is 1. The third kappa shape index (κ3) is 6.41. The van der Waals surface area contributed by atoms with Crippen molar-refractivity contribution in [2.24, 2.45) is 5.92 Å². The third-order valence-electron chi connectivity index (χ3n) is 5.37. The van der Waals surface area contributed by atoms with Gasteiger partial charge in [0.2, 0.25) is 0 Å². The zero-order valence-electron chi connectivity index (χ0n) is 16.8. The molecule has 148 valence electrons. The Morgan fingerprint density at radius 3 is 1.96 bits per heavy atom. The van der Waals surface area contributed by atoms with Gasteiger partial charge in [-0.2, -0.15) is 0 Å². The molecule has 1 saturated carbocycles. The van der Waals surface area contributed by atoms with Gasteiger partial charge in [-0.3, -0.25) is 0 Å². The molecule has 0 aromatic carbocycles. The first-order valence-corrected chi connectivity index (χ1v) is 15.0. The average molecular weight is 391 g/mol. The van der Waals surface area contributed by atoms with Gasteiger partial charge in [0.1, 0.15) is 0 Å². The molecule has 0 aromatic heterocycles. The summed E-state index contributed by atoms with van der Waals surface area (Å²) in [7, 11) is -4.59. The summed E-state index contributed by atoms with van der Waals surface area (Å²) in [6.07, 6.45) is 6.18. The molecular formula is C18H38O5Si2. The van der Waals surface area contributed by atoms with E-state index >= 15 is 0 Å². The van der Waals surface area contributed by atoms with Gasteiger partial charge in [0.05, 0.1) is 12.2 Å². The molecule has 2 aliphatic rings. The summed E-state index contributed by atoms with van der Waals surface area (Å²) in [5.41, 5.74) is 0.860. The van der Waals surface area contributed by atoms with Crippen molar-refractivity contribution in [1.29, 1.82) is 0 Å². The summed E-state index contributed by atoms with van der Waals surface area (Å²) in [6.45, 7) is 13.2. The molecule has 1 heterocycles. The number of epoxide rings is 1. The zero-order valence-corrected chi connectivity index (χ0v) is 18.8. The molecule has 0 N–H and O–H groups in total. The molecule has 0 bridgehead atoms. The van der Waals surface area contributed by atoms with Crippen LogP contribution in [0.3, 0.4) is 0 Å². The first-order valence-electron chi connectivity index (χ1n) is 10.2. The Balaban J connectivity index is 1.98. The minimum Gasteiger partial charge on any atom is -0.417 e. The highest BCUT2D eigenvalue weighted by atomic mass is 28.4. The summed E-state index contributed by atoms with van der Waals surface area (Å²) in [5, 5.41) is 0. The first kappa shape index (κ1) is 21.5. The van der Waals surface area contributed by atoms with Crippen molar-refractivity contribution >= 4 is 17.1 Å². The Bertz CT molecular complexity index is 381. The van der Waals surface area contributed by atoms with E-state index in [4.69, 9.17) is 22.4 Å². The van der Waals surface area contributed by atoms with Crippen LogP contribution in [0.25, 0.3) is 0 Å². The van der Waals surface area contributed by atoms with Crippen molar-refractivity contribution in [3.8, 4) is 0 Å². The quantitative estimate of drug-likeness (QED) is 0.349. The Kier molecular flexibility index (Phi) is 8.58. The maximum absolute atomic E-state index is 6.35. The van der Waals surface area contributed by atoms with E-state index in [-0.39, 0.29) is 0 Å². The fraction of sp³-hybridized carbons (Fsp3) is 1.00. The lowest BCUT2D eigenvalue weighted by Crippen LogP contribution is -2.54. The molecule has 1 saturated heterocycles. The summed E-state index contributed by atoms with van der Waals surface area (Å²) >= 11 is 0. The van der Waals surface area contributed by atoms with Gasteiger partial charge in [-0.05, 0) is 65.5 Å². The molecule has 0 amide bonds. The monoisotopic (exact) mass is 390 g/mol. The highest BCUT2D eigenvalue weighted by Gasteiger charge is 2.50. The fourth-order valence-corrected chi connectivity index (χ4v) is 13.6. The van der Waals surface area contributed by atoms with Crippen LogP contribution in [0.15, 0.2) is 0 Å². The molecule has 0 radical (unpaired) electrons. The van der Waals surface area contributed by atoms with Crippen molar-refractivity contribution in [3.05, 3.63) is 0 Å². The van der Waals surface area contributed by atoms with Gasteiger partial charge in [0.25, 0.3) is 0 Å². The van der Waals surface area contributed by atoms with E-state index < -0.39 is 17.1 Å². The van der Waals surface area contributed by atoms with E-state index in [1.165, 1.54) is 25.7 Å². The van der Waals surface area contributed by atoms with Crippen molar-refractivity contribution in [2.45, 2.75) is 83.8 Å². The lowest BCUT2D eigenvalue weighted by molar-refractivity contribution is 0.0740. The van der Waals surface area contributed by atoms with E-state index in [9.17, 15) is 0 Å². The number of hydrogen-bond donors (Lipinski definition) is 0. The average Bonchev–Trinajstić information content (AvgIpc) is 3.32. The lowest BCUT2D eigenvalue weighted by Gasteiger charge is -2.36. The smallest absolute Gasteiger partial charge is 0.417 e. The fourth-order valence-electron chi connectivity index (χ4n) is 4.21. The number of hydrogen-bond acceptors (Lipinski definition) is 5. The molecule has 25 heavy (non-hydrogen) atoms. The predicted octanol–water partition coefficient (Wildman–Crippen LogP) is 4.14. The summed E-state index contributed by atoms with van der Waals surface area (Å²) < 4.78 is 30.3. The second-order valence-electron chi connectivity index (χ2n) is 7.47. The highest BCUT2D eigenvalue weighted by molar-refractivity contribution is 6.86. The Morgan fingerprint density at radius 1 is 0.840 bits per heavy atom. The summed E-state index contributed by atoms with van der Waals surface area (Å²) in [5.74, 6) is 0.790. The summed E-state index contributed by atoms with van der Waals surface area (Å²) in [4.78, 5) is 0. The van der Waals surface area contributed by atoms with Crippen LogP contribution in [0.5, 0.6) is 0 Å². The maximum Gasteiger partial charge on any atom is 0.500 e. The molecule has 0 aromatic rings. The second kappa shape index (κ2) is 9.96. The zero-order chi connectivity index (χ0) is 18.3. The minimum absolute atomic E-state index is 0.558. The first-order chi connectivity index (χ1) is 12.0. The van der Waals surface area contributed by atoms with Crippen LogP contribution in [0.1, 0.15) is 53.4 Å². The predicted molar refractivity (Wildman–Crippen MR) is 104 cm³/mol. The molecule has 7 heteroatoms. The largest absolute Gasteiger partial charge is 0.500 e. The molecule has 2 fully saturated rings. The van der Waals surface area contributed by atoms with Gasteiger partial charge in [-0.1, -0.05) is 6.42 Å². The van der Waals surface area contributed by atoms with Crippen LogP contribution >= 0.6 is 0 Å². The molecular weight excluding hydrogens is 352 g/mol. The molecule has 2 rings (SSSR count). The van der Waals surface area contributed by atoms with Gasteiger partial charge in [-0.15, -0.1) is 0 Å². The van der Waals surface area contributed by atoms with Crippen molar-refractivity contribution < 1.29 is 22.4 Å². The molecule has 5 nitrogen and oxygen atoms in total. The third-order valence-corrected chi connectivity index (χ3v) is 14.6. The molecule has 4 atom stereocenters. The van der Waals surface area contributed by atoms with E-state index in [0.717, 1.165) is 24.2 Å². The van der Waals surface area contributed by atoms with Crippen LogP contribution in [-0.4, -0.2) is 55.8 Å².